The van der Waals surface area contributed by atoms with Crippen LogP contribution in [0.3, 0.4) is 0 Å². The van der Waals surface area contributed by atoms with E-state index in [1.54, 1.807) is 41.9 Å². The average molecular weight is 504 g/mol. The third kappa shape index (κ3) is 5.48. The number of carbonyl (C=O) groups is 1. The molecule has 4 aromatic rings. The number of nitrogens with zero attached hydrogens (tertiary/aromatic N) is 3. The molecule has 0 atom stereocenters. The van der Waals surface area contributed by atoms with Gasteiger partial charge in [-0.1, -0.05) is 18.5 Å². The number of anilines is 2. The summed E-state index contributed by atoms with van der Waals surface area (Å²) in [6.45, 7) is 2.50. The molecule has 0 saturated heterocycles. The van der Waals surface area contributed by atoms with Gasteiger partial charge in [0.25, 0.3) is 5.91 Å². The Hall–Kier alpha value is -3.79. The molecule has 0 radical (unpaired) electrons. The molecule has 2 N–H and O–H groups in total. The van der Waals surface area contributed by atoms with Gasteiger partial charge in [-0.05, 0) is 42.8 Å². The minimum absolute atomic E-state index is 0.197. The molecule has 0 aliphatic carbocycles. The smallest absolute Gasteiger partial charge is 0.417 e. The first-order valence-electron chi connectivity index (χ1n) is 10.7. The van der Waals surface area contributed by atoms with Crippen LogP contribution in [-0.2, 0) is 13.2 Å². The Morgan fingerprint density at radius 2 is 1.89 bits per heavy atom. The number of benzene rings is 2. The standard InChI is InChI=1S/C24H21ClF3N5O2/c1-3-9-30-22(34)20-13-16(8-10-29-20)35-15-5-7-21-19(12-15)32-23(33(21)2)31-14-4-6-18(25)17(11-14)24(26,27)28/h4-8,10-13H,3,9H2,1-2H3,(H,30,34)(H,31,32). The first-order valence-corrected chi connectivity index (χ1v) is 11.1. The van der Waals surface area contributed by atoms with Gasteiger partial charge in [-0.3, -0.25) is 9.78 Å². The maximum Gasteiger partial charge on any atom is 0.417 e. The number of hydrogen-bond donors (Lipinski definition) is 2. The highest BCUT2D eigenvalue weighted by atomic mass is 35.5. The number of carbonyl (C=O) groups excluding carboxylic acids is 1. The number of nitrogens with one attached hydrogen (secondary N) is 2. The largest absolute Gasteiger partial charge is 0.457 e. The van der Waals surface area contributed by atoms with Crippen molar-refractivity contribution in [3.05, 3.63) is 71.0 Å². The number of ether oxygens (including phenoxy) is 1. The van der Waals surface area contributed by atoms with Gasteiger partial charge in [0.15, 0.2) is 0 Å². The summed E-state index contributed by atoms with van der Waals surface area (Å²) in [6, 6.07) is 12.0. The Morgan fingerprint density at radius 1 is 1.11 bits per heavy atom. The van der Waals surface area contributed by atoms with E-state index < -0.39 is 11.7 Å². The summed E-state index contributed by atoms with van der Waals surface area (Å²) < 4.78 is 47.2. The molecule has 1 amide bonds. The van der Waals surface area contributed by atoms with E-state index in [9.17, 15) is 18.0 Å². The van der Waals surface area contributed by atoms with Crippen LogP contribution in [-0.4, -0.2) is 27.0 Å². The third-order valence-corrected chi connectivity index (χ3v) is 5.45. The van der Waals surface area contributed by atoms with E-state index in [1.807, 2.05) is 6.92 Å². The van der Waals surface area contributed by atoms with Crippen LogP contribution in [0.25, 0.3) is 11.0 Å². The monoisotopic (exact) mass is 503 g/mol. The van der Waals surface area contributed by atoms with Crippen LogP contribution < -0.4 is 15.4 Å². The lowest BCUT2D eigenvalue weighted by molar-refractivity contribution is -0.137. The number of hydrogen-bond acceptors (Lipinski definition) is 5. The van der Waals surface area contributed by atoms with Crippen molar-refractivity contribution in [2.45, 2.75) is 19.5 Å². The molecule has 11 heteroatoms. The van der Waals surface area contributed by atoms with Gasteiger partial charge >= 0.3 is 6.18 Å². The highest BCUT2D eigenvalue weighted by Crippen LogP contribution is 2.37. The Bertz CT molecular complexity index is 1390. The molecule has 7 nitrogen and oxygen atoms in total. The molecule has 2 aromatic carbocycles. The molecule has 0 fully saturated rings. The Labute approximate surface area is 203 Å². The second-order valence-corrected chi connectivity index (χ2v) is 8.10. The minimum Gasteiger partial charge on any atom is -0.457 e. The van der Waals surface area contributed by atoms with Crippen LogP contribution >= 0.6 is 11.6 Å². The topological polar surface area (TPSA) is 81.1 Å². The molecule has 4 rings (SSSR count). The molecule has 35 heavy (non-hydrogen) atoms. The number of aromatic nitrogens is 3. The SMILES string of the molecule is CCCNC(=O)c1cc(Oc2ccc3c(c2)nc(Nc2ccc(Cl)c(C(F)(F)F)c2)n3C)ccn1. The maximum absolute atomic E-state index is 13.2. The highest BCUT2D eigenvalue weighted by molar-refractivity contribution is 6.31. The molecular formula is C24H21ClF3N5O2. The summed E-state index contributed by atoms with van der Waals surface area (Å²) in [5.41, 5.74) is 0.801. The molecule has 0 saturated carbocycles. The van der Waals surface area contributed by atoms with Gasteiger partial charge in [0.05, 0.1) is 21.6 Å². The summed E-state index contributed by atoms with van der Waals surface area (Å²) in [5.74, 6) is 0.950. The fourth-order valence-electron chi connectivity index (χ4n) is 3.37. The van der Waals surface area contributed by atoms with Crippen LogP contribution in [0.4, 0.5) is 24.8 Å². The molecule has 0 bridgehead atoms. The van der Waals surface area contributed by atoms with Gasteiger partial charge in [0, 0.05) is 37.6 Å². The molecular weight excluding hydrogens is 483 g/mol. The number of fused-ring (bicyclic) bond motifs is 1. The van der Waals surface area contributed by atoms with Crippen LogP contribution in [0, 0.1) is 0 Å². The van der Waals surface area contributed by atoms with E-state index in [0.717, 1.165) is 18.0 Å². The molecule has 0 spiro atoms. The second kappa shape index (κ2) is 9.83. The van der Waals surface area contributed by atoms with Crippen molar-refractivity contribution in [3.63, 3.8) is 0 Å². The lowest BCUT2D eigenvalue weighted by atomic mass is 10.2. The van der Waals surface area contributed by atoms with Crippen molar-refractivity contribution in [1.82, 2.24) is 19.9 Å². The number of imidazole rings is 1. The van der Waals surface area contributed by atoms with Gasteiger partial charge in [-0.2, -0.15) is 13.2 Å². The summed E-state index contributed by atoms with van der Waals surface area (Å²) >= 11 is 5.70. The zero-order valence-electron chi connectivity index (χ0n) is 18.8. The van der Waals surface area contributed by atoms with Gasteiger partial charge in [-0.25, -0.2) is 4.98 Å². The molecule has 0 unspecified atom stereocenters. The van der Waals surface area contributed by atoms with Crippen LogP contribution in [0.5, 0.6) is 11.5 Å². The maximum atomic E-state index is 13.2. The first-order chi connectivity index (χ1) is 16.7. The number of halogens is 4. The fraction of sp³-hybridized carbons (Fsp3) is 0.208. The lowest BCUT2D eigenvalue weighted by Gasteiger charge is -2.12. The highest BCUT2D eigenvalue weighted by Gasteiger charge is 2.33. The number of aryl methyl sites for hydroxylation is 1. The average Bonchev–Trinajstić information content (AvgIpc) is 3.12. The van der Waals surface area contributed by atoms with Gasteiger partial charge < -0.3 is 19.9 Å². The van der Waals surface area contributed by atoms with Gasteiger partial charge in [0.2, 0.25) is 5.95 Å². The predicted molar refractivity (Wildman–Crippen MR) is 127 cm³/mol. The number of pyridine rings is 1. The second-order valence-electron chi connectivity index (χ2n) is 7.70. The first kappa shape index (κ1) is 24.3. The minimum atomic E-state index is -4.57. The van der Waals surface area contributed by atoms with Crippen LogP contribution in [0.15, 0.2) is 54.7 Å². The van der Waals surface area contributed by atoms with Gasteiger partial charge in [0.1, 0.15) is 17.2 Å². The molecule has 182 valence electrons. The summed E-state index contributed by atoms with van der Waals surface area (Å²) in [7, 11) is 1.74. The molecule has 2 aromatic heterocycles. The van der Waals surface area contributed by atoms with E-state index in [1.165, 1.54) is 18.3 Å². The van der Waals surface area contributed by atoms with E-state index in [2.05, 4.69) is 20.6 Å². The number of rotatable bonds is 7. The van der Waals surface area contributed by atoms with Crippen LogP contribution in [0.2, 0.25) is 5.02 Å². The van der Waals surface area contributed by atoms with Crippen molar-refractivity contribution >= 4 is 40.2 Å². The summed E-state index contributed by atoms with van der Waals surface area (Å²) in [4.78, 5) is 20.7. The van der Waals surface area contributed by atoms with E-state index >= 15 is 0 Å². The van der Waals surface area contributed by atoms with Crippen molar-refractivity contribution in [2.24, 2.45) is 7.05 Å². The van der Waals surface area contributed by atoms with E-state index in [4.69, 9.17) is 16.3 Å². The fourth-order valence-corrected chi connectivity index (χ4v) is 3.59. The normalized spacial score (nSPS) is 11.5. The van der Waals surface area contributed by atoms with Gasteiger partial charge in [-0.15, -0.1) is 0 Å². The molecule has 0 aliphatic heterocycles. The van der Waals surface area contributed by atoms with Crippen molar-refractivity contribution in [2.75, 3.05) is 11.9 Å². The van der Waals surface area contributed by atoms with Crippen LogP contribution in [0.1, 0.15) is 29.4 Å². The lowest BCUT2D eigenvalue weighted by Crippen LogP contribution is -2.24. The Kier molecular flexibility index (Phi) is 6.83. The van der Waals surface area contributed by atoms with E-state index in [-0.39, 0.29) is 22.3 Å². The number of amides is 1. The van der Waals surface area contributed by atoms with Crippen molar-refractivity contribution < 1.29 is 22.7 Å². The summed E-state index contributed by atoms with van der Waals surface area (Å²) in [6.07, 6.45) is -2.28. The van der Waals surface area contributed by atoms with Crippen molar-refractivity contribution in [1.29, 1.82) is 0 Å². The Morgan fingerprint density at radius 3 is 2.63 bits per heavy atom. The molecule has 0 aliphatic rings. The Balaban J connectivity index is 1.56. The molecule has 2 heterocycles. The zero-order chi connectivity index (χ0) is 25.2. The summed E-state index contributed by atoms with van der Waals surface area (Å²) in [5, 5.41) is 5.29. The quantitative estimate of drug-likeness (QED) is 0.308. The zero-order valence-corrected chi connectivity index (χ0v) is 19.5. The van der Waals surface area contributed by atoms with Crippen molar-refractivity contribution in [3.8, 4) is 11.5 Å². The van der Waals surface area contributed by atoms with E-state index in [0.29, 0.717) is 29.5 Å². The third-order valence-electron chi connectivity index (χ3n) is 5.12. The predicted octanol–water partition coefficient (Wildman–Crippen LogP) is 6.32. The number of alkyl halides is 3.